The van der Waals surface area contributed by atoms with Crippen LogP contribution < -0.4 is 10.6 Å². The Hall–Kier alpha value is -1.77. The third-order valence-corrected chi connectivity index (χ3v) is 4.81. The molecule has 1 aromatic carbocycles. The van der Waals surface area contributed by atoms with E-state index in [-0.39, 0.29) is 17.0 Å². The number of anilines is 1. The molecule has 2 aromatic rings. The van der Waals surface area contributed by atoms with Crippen LogP contribution in [-0.2, 0) is 4.74 Å². The Kier molecular flexibility index (Phi) is 6.47. The number of esters is 1. The summed E-state index contributed by atoms with van der Waals surface area (Å²) in [4.78, 5) is 24.4. The van der Waals surface area contributed by atoms with Crippen LogP contribution in [-0.4, -0.2) is 23.6 Å². The Morgan fingerprint density at radius 2 is 1.96 bits per heavy atom. The van der Waals surface area contributed by atoms with E-state index in [2.05, 4.69) is 26.6 Å². The molecule has 2 rings (SSSR count). The van der Waals surface area contributed by atoms with Crippen molar-refractivity contribution in [1.29, 1.82) is 0 Å². The molecule has 0 fully saturated rings. The minimum Gasteiger partial charge on any atom is -0.462 e. The number of amides is 1. The van der Waals surface area contributed by atoms with Gasteiger partial charge in [0.25, 0.3) is 5.91 Å². The van der Waals surface area contributed by atoms with Crippen LogP contribution in [0.1, 0.15) is 32.5 Å². The van der Waals surface area contributed by atoms with E-state index < -0.39 is 0 Å². The van der Waals surface area contributed by atoms with Crippen LogP contribution in [0.15, 0.2) is 34.8 Å². The van der Waals surface area contributed by atoms with Gasteiger partial charge in [0.05, 0.1) is 11.6 Å². The lowest BCUT2D eigenvalue weighted by Gasteiger charge is -2.07. The second-order valence-corrected chi connectivity index (χ2v) is 7.13. The average molecular weight is 427 g/mol. The summed E-state index contributed by atoms with van der Waals surface area (Å²) in [6.45, 7) is 3.89. The number of nitrogens with one attached hydrogen (secondary N) is 2. The van der Waals surface area contributed by atoms with Crippen LogP contribution in [0.3, 0.4) is 0 Å². The quantitative estimate of drug-likeness (QED) is 0.568. The Morgan fingerprint density at radius 3 is 2.58 bits per heavy atom. The first-order valence-electron chi connectivity index (χ1n) is 7.06. The van der Waals surface area contributed by atoms with Gasteiger partial charge in [-0.15, -0.1) is 11.3 Å². The summed E-state index contributed by atoms with van der Waals surface area (Å²) >= 11 is 9.69. The van der Waals surface area contributed by atoms with Gasteiger partial charge in [0, 0.05) is 10.0 Å². The Labute approximate surface area is 157 Å². The van der Waals surface area contributed by atoms with Gasteiger partial charge in [0.2, 0.25) is 0 Å². The zero-order valence-corrected chi connectivity index (χ0v) is 16.2. The number of ether oxygens (including phenoxy) is 1. The molecule has 0 saturated heterocycles. The van der Waals surface area contributed by atoms with Gasteiger partial charge in [-0.25, -0.2) is 4.79 Å². The summed E-state index contributed by atoms with van der Waals surface area (Å²) in [5.41, 5.74) is 1.29. The van der Waals surface area contributed by atoms with Crippen molar-refractivity contribution in [2.75, 3.05) is 11.9 Å². The minimum absolute atomic E-state index is 0.166. The van der Waals surface area contributed by atoms with E-state index in [1.165, 1.54) is 11.3 Å². The van der Waals surface area contributed by atoms with Crippen molar-refractivity contribution < 1.29 is 14.3 Å². The zero-order chi connectivity index (χ0) is 17.7. The summed E-state index contributed by atoms with van der Waals surface area (Å²) in [7, 11) is 0. The lowest BCUT2D eigenvalue weighted by atomic mass is 10.2. The fraction of sp³-hybridized carbons (Fsp3) is 0.188. The number of benzene rings is 1. The van der Waals surface area contributed by atoms with E-state index in [4.69, 9.17) is 17.0 Å². The smallest absolute Gasteiger partial charge is 0.348 e. The number of rotatable bonds is 4. The van der Waals surface area contributed by atoms with Gasteiger partial charge in [-0.1, -0.05) is 15.9 Å². The van der Waals surface area contributed by atoms with Crippen LogP contribution in [0.5, 0.6) is 0 Å². The van der Waals surface area contributed by atoms with Crippen molar-refractivity contribution in [3.05, 3.63) is 50.8 Å². The van der Waals surface area contributed by atoms with E-state index >= 15 is 0 Å². The maximum absolute atomic E-state index is 12.1. The molecule has 5 nitrogen and oxygen atoms in total. The molecule has 126 valence electrons. The molecular formula is C16H15BrN2O3S2. The first-order chi connectivity index (χ1) is 11.4. The van der Waals surface area contributed by atoms with E-state index in [1.807, 2.05) is 6.92 Å². The monoisotopic (exact) mass is 426 g/mol. The van der Waals surface area contributed by atoms with Crippen molar-refractivity contribution in [3.8, 4) is 0 Å². The molecule has 0 aliphatic carbocycles. The van der Waals surface area contributed by atoms with Crippen molar-refractivity contribution >= 4 is 61.5 Å². The molecule has 8 heteroatoms. The number of carbonyl (C=O) groups excluding carboxylic acids is 2. The summed E-state index contributed by atoms with van der Waals surface area (Å²) in [6, 6.07) is 8.72. The molecule has 2 N–H and O–H groups in total. The number of aryl methyl sites for hydroxylation is 1. The highest BCUT2D eigenvalue weighted by atomic mass is 79.9. The molecule has 1 amide bonds. The Balaban J connectivity index is 1.99. The van der Waals surface area contributed by atoms with Crippen LogP contribution in [0.4, 0.5) is 5.00 Å². The fourth-order valence-corrected chi connectivity index (χ4v) is 3.37. The first kappa shape index (κ1) is 18.6. The number of thiocarbonyl (C=S) groups is 1. The summed E-state index contributed by atoms with van der Waals surface area (Å²) < 4.78 is 5.89. The predicted octanol–water partition coefficient (Wildman–Crippen LogP) is 4.12. The van der Waals surface area contributed by atoms with E-state index in [0.717, 1.165) is 10.0 Å². The van der Waals surface area contributed by atoms with Crippen LogP contribution >= 0.6 is 39.5 Å². The van der Waals surface area contributed by atoms with Crippen LogP contribution in [0.2, 0.25) is 0 Å². The standard InChI is InChI=1S/C16H15BrN2O3S2/c1-3-22-15(21)13-9(2)8-12(24-13)18-16(23)19-14(20)10-4-6-11(17)7-5-10/h4-8H,3H2,1-2H3,(H2,18,19,20,23). The number of hydrogen-bond acceptors (Lipinski definition) is 5. The second kappa shape index (κ2) is 8.36. The molecule has 1 heterocycles. The maximum Gasteiger partial charge on any atom is 0.348 e. The van der Waals surface area contributed by atoms with Gasteiger partial charge >= 0.3 is 5.97 Å². The third kappa shape index (κ3) is 4.86. The van der Waals surface area contributed by atoms with Gasteiger partial charge in [-0.2, -0.15) is 0 Å². The summed E-state index contributed by atoms with van der Waals surface area (Å²) in [6.07, 6.45) is 0. The van der Waals surface area contributed by atoms with Crippen molar-refractivity contribution in [1.82, 2.24) is 5.32 Å². The molecule has 0 saturated carbocycles. The highest BCUT2D eigenvalue weighted by molar-refractivity contribution is 9.10. The van der Waals surface area contributed by atoms with Gasteiger partial charge in [-0.05, 0) is 62.0 Å². The second-order valence-electron chi connectivity index (χ2n) is 4.76. The maximum atomic E-state index is 12.1. The SMILES string of the molecule is CCOC(=O)c1sc(NC(=S)NC(=O)c2ccc(Br)cc2)cc1C. The van der Waals surface area contributed by atoms with Crippen molar-refractivity contribution in [3.63, 3.8) is 0 Å². The molecule has 0 unspecified atom stereocenters. The molecular weight excluding hydrogens is 412 g/mol. The lowest BCUT2D eigenvalue weighted by Crippen LogP contribution is -2.33. The van der Waals surface area contributed by atoms with Crippen molar-refractivity contribution in [2.45, 2.75) is 13.8 Å². The lowest BCUT2D eigenvalue weighted by molar-refractivity contribution is 0.0531. The van der Waals surface area contributed by atoms with Gasteiger partial charge in [0.1, 0.15) is 4.88 Å². The number of halogens is 1. The van der Waals surface area contributed by atoms with E-state index in [9.17, 15) is 9.59 Å². The van der Waals surface area contributed by atoms with Crippen molar-refractivity contribution in [2.24, 2.45) is 0 Å². The minimum atomic E-state index is -0.363. The third-order valence-electron chi connectivity index (χ3n) is 2.95. The normalized spacial score (nSPS) is 10.1. The largest absolute Gasteiger partial charge is 0.462 e. The zero-order valence-electron chi connectivity index (χ0n) is 13.0. The van der Waals surface area contributed by atoms with Crippen LogP contribution in [0, 0.1) is 6.92 Å². The molecule has 1 aromatic heterocycles. The molecule has 24 heavy (non-hydrogen) atoms. The van der Waals surface area contributed by atoms with Crippen LogP contribution in [0.25, 0.3) is 0 Å². The molecule has 0 spiro atoms. The number of hydrogen-bond donors (Lipinski definition) is 2. The Morgan fingerprint density at radius 1 is 1.29 bits per heavy atom. The van der Waals surface area contributed by atoms with E-state index in [0.29, 0.717) is 22.0 Å². The van der Waals surface area contributed by atoms with E-state index in [1.54, 1.807) is 37.3 Å². The van der Waals surface area contributed by atoms with Gasteiger partial charge < -0.3 is 10.1 Å². The topological polar surface area (TPSA) is 67.4 Å². The fourth-order valence-electron chi connectivity index (χ4n) is 1.86. The highest BCUT2D eigenvalue weighted by Gasteiger charge is 2.16. The first-order valence-corrected chi connectivity index (χ1v) is 9.08. The molecule has 0 aliphatic heterocycles. The highest BCUT2D eigenvalue weighted by Crippen LogP contribution is 2.27. The molecule has 0 aliphatic rings. The average Bonchev–Trinajstić information content (AvgIpc) is 2.88. The van der Waals surface area contributed by atoms with Gasteiger partial charge in [-0.3, -0.25) is 10.1 Å². The predicted molar refractivity (Wildman–Crippen MR) is 103 cm³/mol. The molecule has 0 atom stereocenters. The molecule has 0 bridgehead atoms. The summed E-state index contributed by atoms with van der Waals surface area (Å²) in [5.74, 6) is -0.670. The number of thiophene rings is 1. The van der Waals surface area contributed by atoms with Gasteiger partial charge in [0.15, 0.2) is 5.11 Å². The number of carbonyl (C=O) groups is 2. The Bertz CT molecular complexity index is 772. The molecule has 0 radical (unpaired) electrons. The summed E-state index contributed by atoms with van der Waals surface area (Å²) in [5, 5.41) is 6.35.